The Morgan fingerprint density at radius 1 is 1.15 bits per heavy atom. The zero-order valence-corrected chi connectivity index (χ0v) is 21.2. The summed E-state index contributed by atoms with van der Waals surface area (Å²) in [6.45, 7) is 7.21. The Morgan fingerprint density at radius 3 is 2.65 bits per heavy atom. The molecule has 0 aromatic rings. The van der Waals surface area contributed by atoms with Crippen LogP contribution in [0.1, 0.15) is 78.6 Å². The lowest BCUT2D eigenvalue weighted by Gasteiger charge is -2.63. The second-order valence-electron chi connectivity index (χ2n) is 12.4. The summed E-state index contributed by atoms with van der Waals surface area (Å²) in [5.41, 5.74) is -0.0627. The monoisotopic (exact) mass is 471 g/mol. The maximum atomic E-state index is 11.7. The van der Waals surface area contributed by atoms with Crippen LogP contribution in [-0.2, 0) is 4.79 Å². The van der Waals surface area contributed by atoms with Crippen LogP contribution in [0.4, 0.5) is 0 Å². The number of carbonyl (C=O) groups excluding carboxylic acids is 1. The number of allylic oxidation sites excluding steroid dienone is 1. The van der Waals surface area contributed by atoms with E-state index in [9.17, 15) is 20.1 Å². The third-order valence-corrected chi connectivity index (χ3v) is 10.9. The Hall–Kier alpha value is -1.35. The van der Waals surface area contributed by atoms with E-state index < -0.39 is 0 Å². The van der Waals surface area contributed by atoms with Gasteiger partial charge in [-0.25, -0.2) is 0 Å². The summed E-state index contributed by atoms with van der Waals surface area (Å²) >= 11 is 0. The summed E-state index contributed by atoms with van der Waals surface area (Å²) in [5, 5.41) is 36.0. The number of amides is 1. The van der Waals surface area contributed by atoms with Crippen molar-refractivity contribution >= 4 is 5.91 Å². The number of hydrogen-bond acceptors (Lipinski definition) is 4. The molecule has 190 valence electrons. The predicted octanol–water partition coefficient (Wildman–Crippen LogP) is 3.67. The third-order valence-electron chi connectivity index (χ3n) is 10.9. The SMILES string of the molecule is C#CCNC(=O)C=CCC[C@@H](C)[C@H]1CC[C@H]2[C@@H]3[C@H](O)C[C@@H]4C[C@H](O)CC[C@]4(C)[C@H]3C[C@H](O)[C@]12C. The first kappa shape index (κ1) is 25.7. The fraction of sp³-hybridized carbons (Fsp3) is 0.828. The van der Waals surface area contributed by atoms with Gasteiger partial charge in [-0.1, -0.05) is 32.8 Å². The lowest BCUT2D eigenvalue weighted by molar-refractivity contribution is -0.207. The highest BCUT2D eigenvalue weighted by atomic mass is 16.3. The number of hydrogen-bond donors (Lipinski definition) is 4. The quantitative estimate of drug-likeness (QED) is 0.351. The van der Waals surface area contributed by atoms with Crippen LogP contribution in [0.25, 0.3) is 0 Å². The number of aliphatic hydroxyl groups is 3. The van der Waals surface area contributed by atoms with Gasteiger partial charge in [-0.15, -0.1) is 6.42 Å². The fourth-order valence-electron chi connectivity index (χ4n) is 9.08. The maximum Gasteiger partial charge on any atom is 0.244 e. The molecule has 0 spiro atoms. The van der Waals surface area contributed by atoms with Crippen LogP contribution >= 0.6 is 0 Å². The molecule has 4 aliphatic carbocycles. The summed E-state index contributed by atoms with van der Waals surface area (Å²) in [5.74, 6) is 4.39. The second kappa shape index (κ2) is 9.96. The normalized spacial score (nSPS) is 46.7. The number of carbonyl (C=O) groups is 1. The zero-order valence-electron chi connectivity index (χ0n) is 21.2. The van der Waals surface area contributed by atoms with Gasteiger partial charge in [0.25, 0.3) is 0 Å². The van der Waals surface area contributed by atoms with Crippen molar-refractivity contribution in [3.8, 4) is 12.3 Å². The standard InChI is InChI=1S/C29H45NO4/c1-5-14-30-26(34)9-7-6-8-18(2)21-10-11-22-27-23(17-25(33)29(21,22)4)28(3)13-12-20(31)15-19(28)16-24(27)32/h1,7,9,18-25,27,31-33H,6,8,10-17H2,2-4H3,(H,30,34)/t18-,19+,20-,21-,22+,23+,24-,25+,27+,28+,29-/m1/s1. The summed E-state index contributed by atoms with van der Waals surface area (Å²) in [6, 6.07) is 0. The van der Waals surface area contributed by atoms with Crippen LogP contribution in [0.15, 0.2) is 12.2 Å². The summed E-state index contributed by atoms with van der Waals surface area (Å²) in [6.07, 6.45) is 15.9. The number of aliphatic hydroxyl groups excluding tert-OH is 3. The molecule has 0 heterocycles. The van der Waals surface area contributed by atoms with E-state index in [1.165, 1.54) is 0 Å². The van der Waals surface area contributed by atoms with Crippen molar-refractivity contribution in [2.24, 2.45) is 46.3 Å². The molecule has 4 fully saturated rings. The van der Waals surface area contributed by atoms with Crippen molar-refractivity contribution in [2.75, 3.05) is 6.54 Å². The first-order valence-electron chi connectivity index (χ1n) is 13.5. The molecule has 0 unspecified atom stereocenters. The molecular weight excluding hydrogens is 426 g/mol. The van der Waals surface area contributed by atoms with Crippen LogP contribution in [0.2, 0.25) is 0 Å². The Kier molecular flexibility index (Phi) is 7.54. The van der Waals surface area contributed by atoms with Crippen LogP contribution in [-0.4, -0.2) is 46.1 Å². The van der Waals surface area contributed by atoms with E-state index in [-0.39, 0.29) is 47.5 Å². The molecule has 5 nitrogen and oxygen atoms in total. The lowest BCUT2D eigenvalue weighted by Crippen LogP contribution is -2.62. The van der Waals surface area contributed by atoms with Crippen molar-refractivity contribution < 1.29 is 20.1 Å². The first-order chi connectivity index (χ1) is 16.1. The number of rotatable bonds is 6. The summed E-state index contributed by atoms with van der Waals surface area (Å²) in [7, 11) is 0. The second-order valence-corrected chi connectivity index (χ2v) is 12.4. The topological polar surface area (TPSA) is 89.8 Å². The molecule has 0 aromatic carbocycles. The Labute approximate surface area is 205 Å². The molecule has 1 amide bonds. The maximum absolute atomic E-state index is 11.7. The Morgan fingerprint density at radius 2 is 1.91 bits per heavy atom. The van der Waals surface area contributed by atoms with Crippen molar-refractivity contribution in [1.29, 1.82) is 0 Å². The number of nitrogens with one attached hydrogen (secondary N) is 1. The van der Waals surface area contributed by atoms with Crippen molar-refractivity contribution in [3.05, 3.63) is 12.2 Å². The van der Waals surface area contributed by atoms with Crippen LogP contribution in [0.5, 0.6) is 0 Å². The van der Waals surface area contributed by atoms with E-state index in [0.29, 0.717) is 29.6 Å². The molecular formula is C29H45NO4. The van der Waals surface area contributed by atoms with Crippen LogP contribution < -0.4 is 5.32 Å². The fourth-order valence-corrected chi connectivity index (χ4v) is 9.08. The minimum absolute atomic E-state index is 0.111. The van der Waals surface area contributed by atoms with Gasteiger partial charge in [0.15, 0.2) is 0 Å². The highest BCUT2D eigenvalue weighted by Gasteiger charge is 2.65. The molecule has 11 atom stereocenters. The van der Waals surface area contributed by atoms with Gasteiger partial charge < -0.3 is 20.6 Å². The van der Waals surface area contributed by atoms with Gasteiger partial charge >= 0.3 is 0 Å². The molecule has 4 rings (SSSR count). The van der Waals surface area contributed by atoms with Crippen LogP contribution in [0.3, 0.4) is 0 Å². The van der Waals surface area contributed by atoms with Crippen molar-refractivity contribution in [1.82, 2.24) is 5.32 Å². The highest BCUT2D eigenvalue weighted by molar-refractivity contribution is 5.87. The highest BCUT2D eigenvalue weighted by Crippen LogP contribution is 2.68. The Bertz CT molecular complexity index is 819. The van der Waals surface area contributed by atoms with Gasteiger partial charge in [0.05, 0.1) is 24.9 Å². The lowest BCUT2D eigenvalue weighted by atomic mass is 9.43. The molecule has 0 radical (unpaired) electrons. The zero-order chi connectivity index (χ0) is 24.7. The van der Waals surface area contributed by atoms with E-state index in [4.69, 9.17) is 6.42 Å². The minimum Gasteiger partial charge on any atom is -0.393 e. The molecule has 5 heteroatoms. The summed E-state index contributed by atoms with van der Waals surface area (Å²) < 4.78 is 0. The molecule has 4 aliphatic rings. The molecule has 4 saturated carbocycles. The van der Waals surface area contributed by atoms with Gasteiger partial charge in [0.2, 0.25) is 5.91 Å². The number of fused-ring (bicyclic) bond motifs is 5. The van der Waals surface area contributed by atoms with Gasteiger partial charge in [0, 0.05) is 0 Å². The van der Waals surface area contributed by atoms with Gasteiger partial charge in [-0.05, 0) is 110 Å². The van der Waals surface area contributed by atoms with Crippen molar-refractivity contribution in [2.45, 2.75) is 96.9 Å². The van der Waals surface area contributed by atoms with E-state index >= 15 is 0 Å². The first-order valence-corrected chi connectivity index (χ1v) is 13.5. The average Bonchev–Trinajstić information content (AvgIpc) is 3.15. The molecule has 0 bridgehead atoms. The molecule has 34 heavy (non-hydrogen) atoms. The molecule has 0 aliphatic heterocycles. The number of terminal acetylenes is 1. The third kappa shape index (κ3) is 4.36. The van der Waals surface area contributed by atoms with E-state index in [1.807, 2.05) is 6.08 Å². The van der Waals surface area contributed by atoms with Gasteiger partial charge in [-0.2, -0.15) is 0 Å². The van der Waals surface area contributed by atoms with E-state index in [1.54, 1.807) is 6.08 Å². The van der Waals surface area contributed by atoms with Gasteiger partial charge in [-0.3, -0.25) is 4.79 Å². The largest absolute Gasteiger partial charge is 0.393 e. The van der Waals surface area contributed by atoms with E-state index in [2.05, 4.69) is 32.0 Å². The minimum atomic E-state index is -0.353. The molecule has 0 aromatic heterocycles. The predicted molar refractivity (Wildman–Crippen MR) is 133 cm³/mol. The molecule has 0 saturated heterocycles. The average molecular weight is 472 g/mol. The van der Waals surface area contributed by atoms with Crippen LogP contribution in [0, 0.1) is 58.7 Å². The molecule has 4 N–H and O–H groups in total. The summed E-state index contributed by atoms with van der Waals surface area (Å²) in [4.78, 5) is 11.7. The van der Waals surface area contributed by atoms with E-state index in [0.717, 1.165) is 57.8 Å². The smallest absolute Gasteiger partial charge is 0.244 e. The van der Waals surface area contributed by atoms with Gasteiger partial charge in [0.1, 0.15) is 0 Å². The van der Waals surface area contributed by atoms with Crippen molar-refractivity contribution in [3.63, 3.8) is 0 Å². The Balaban J connectivity index is 1.45.